The quantitative estimate of drug-likeness (QED) is 0.595. The lowest BCUT2D eigenvalue weighted by atomic mass is 10.1. The average Bonchev–Trinajstić information content (AvgIpc) is 2.45. The van der Waals surface area contributed by atoms with Crippen LogP contribution in [0.25, 0.3) is 6.08 Å². The molecule has 0 saturated carbocycles. The zero-order valence-electron chi connectivity index (χ0n) is 14.9. The van der Waals surface area contributed by atoms with Crippen LogP contribution < -0.4 is 0 Å². The van der Waals surface area contributed by atoms with Crippen molar-refractivity contribution in [2.75, 3.05) is 0 Å². The Labute approximate surface area is 139 Å². The van der Waals surface area contributed by atoms with Gasteiger partial charge in [-0.05, 0) is 53.2 Å². The van der Waals surface area contributed by atoms with Gasteiger partial charge in [0.25, 0.3) is 5.91 Å². The molecule has 0 N–H and O–H groups in total. The van der Waals surface area contributed by atoms with E-state index in [9.17, 15) is 9.59 Å². The van der Waals surface area contributed by atoms with Crippen LogP contribution in [0.1, 0.15) is 45.7 Å². The van der Waals surface area contributed by atoms with E-state index in [1.54, 1.807) is 17.9 Å². The first kappa shape index (κ1) is 18.9. The Kier molecular flexibility index (Phi) is 7.01. The smallest absolute Gasteiger partial charge is 0.331 e. The van der Waals surface area contributed by atoms with Gasteiger partial charge in [-0.15, -0.1) is 0 Å². The van der Waals surface area contributed by atoms with Crippen molar-refractivity contribution in [3.8, 4) is 0 Å². The molecule has 1 rings (SSSR count). The number of amides is 1. The number of rotatable bonds is 6. The molecule has 4 heteroatoms. The second-order valence-corrected chi connectivity index (χ2v) is 6.26. The Morgan fingerprint density at radius 2 is 1.52 bits per heavy atom. The topological polar surface area (TPSA) is 46.6 Å². The standard InChI is InChI=1S/C19H27NO3/c1-13(2)20(14(3)4)19(22)16(6)23-18(21)12-11-17-9-7-15(5)8-10-17/h7-14,16H,1-6H3/b12-11+. The van der Waals surface area contributed by atoms with Gasteiger partial charge in [-0.3, -0.25) is 4.79 Å². The molecule has 1 aromatic rings. The van der Waals surface area contributed by atoms with E-state index in [4.69, 9.17) is 4.74 Å². The van der Waals surface area contributed by atoms with Crippen molar-refractivity contribution < 1.29 is 14.3 Å². The van der Waals surface area contributed by atoms with Crippen LogP contribution in [0.15, 0.2) is 30.3 Å². The minimum atomic E-state index is -0.796. The third-order valence-electron chi connectivity index (χ3n) is 3.50. The monoisotopic (exact) mass is 317 g/mol. The van der Waals surface area contributed by atoms with Gasteiger partial charge in [-0.2, -0.15) is 0 Å². The fourth-order valence-corrected chi connectivity index (χ4v) is 2.42. The number of carbonyl (C=O) groups excluding carboxylic acids is 2. The van der Waals surface area contributed by atoms with E-state index in [0.29, 0.717) is 0 Å². The first-order valence-electron chi connectivity index (χ1n) is 8.00. The highest BCUT2D eigenvalue weighted by molar-refractivity contribution is 5.90. The summed E-state index contributed by atoms with van der Waals surface area (Å²) in [6.07, 6.45) is 2.24. The molecular weight excluding hydrogens is 290 g/mol. The molecule has 1 amide bonds. The van der Waals surface area contributed by atoms with Gasteiger partial charge in [-0.1, -0.05) is 29.8 Å². The van der Waals surface area contributed by atoms with E-state index >= 15 is 0 Å². The van der Waals surface area contributed by atoms with Crippen LogP contribution in [-0.4, -0.2) is 35.0 Å². The zero-order chi connectivity index (χ0) is 17.6. The summed E-state index contributed by atoms with van der Waals surface area (Å²) in [6.45, 7) is 11.4. The first-order valence-corrected chi connectivity index (χ1v) is 8.00. The fourth-order valence-electron chi connectivity index (χ4n) is 2.42. The molecule has 1 unspecified atom stereocenters. The molecule has 0 bridgehead atoms. The Bertz CT molecular complexity index is 550. The molecule has 23 heavy (non-hydrogen) atoms. The normalized spacial score (nSPS) is 12.7. The number of aryl methyl sites for hydroxylation is 1. The lowest BCUT2D eigenvalue weighted by molar-refractivity contribution is -0.157. The first-order chi connectivity index (χ1) is 10.7. The Morgan fingerprint density at radius 3 is 2.00 bits per heavy atom. The van der Waals surface area contributed by atoms with E-state index < -0.39 is 12.1 Å². The van der Waals surface area contributed by atoms with Gasteiger partial charge in [0.05, 0.1) is 0 Å². The van der Waals surface area contributed by atoms with Gasteiger partial charge >= 0.3 is 5.97 Å². The van der Waals surface area contributed by atoms with Crippen LogP contribution in [0.3, 0.4) is 0 Å². The average molecular weight is 317 g/mol. The maximum Gasteiger partial charge on any atom is 0.331 e. The molecule has 0 aromatic heterocycles. The number of nitrogens with zero attached hydrogens (tertiary/aromatic N) is 1. The summed E-state index contributed by atoms with van der Waals surface area (Å²) in [4.78, 5) is 26.0. The predicted molar refractivity (Wildman–Crippen MR) is 92.9 cm³/mol. The minimum absolute atomic E-state index is 0.0618. The minimum Gasteiger partial charge on any atom is -0.449 e. The highest BCUT2D eigenvalue weighted by atomic mass is 16.5. The molecular formula is C19H27NO3. The molecule has 1 atom stereocenters. The summed E-state index contributed by atoms with van der Waals surface area (Å²) in [5.74, 6) is -0.689. The van der Waals surface area contributed by atoms with Crippen molar-refractivity contribution in [1.82, 2.24) is 4.90 Å². The van der Waals surface area contributed by atoms with Crippen molar-refractivity contribution in [3.63, 3.8) is 0 Å². The molecule has 0 heterocycles. The van der Waals surface area contributed by atoms with Crippen LogP contribution >= 0.6 is 0 Å². The molecule has 4 nitrogen and oxygen atoms in total. The molecule has 0 fully saturated rings. The maximum absolute atomic E-state index is 12.4. The van der Waals surface area contributed by atoms with E-state index in [2.05, 4.69) is 0 Å². The van der Waals surface area contributed by atoms with Crippen molar-refractivity contribution in [2.24, 2.45) is 0 Å². The highest BCUT2D eigenvalue weighted by Gasteiger charge is 2.27. The van der Waals surface area contributed by atoms with Crippen LogP contribution in [0.5, 0.6) is 0 Å². The van der Waals surface area contributed by atoms with Crippen molar-refractivity contribution in [3.05, 3.63) is 41.5 Å². The number of carbonyl (C=O) groups is 2. The molecule has 0 spiro atoms. The molecule has 126 valence electrons. The molecule has 0 saturated heterocycles. The van der Waals surface area contributed by atoms with Gasteiger partial charge < -0.3 is 9.64 Å². The van der Waals surface area contributed by atoms with Crippen LogP contribution in [0, 0.1) is 6.92 Å². The summed E-state index contributed by atoms with van der Waals surface area (Å²) in [5, 5.41) is 0. The number of hydrogen-bond acceptors (Lipinski definition) is 3. The van der Waals surface area contributed by atoms with Crippen molar-refractivity contribution >= 4 is 18.0 Å². The lowest BCUT2D eigenvalue weighted by Crippen LogP contribution is -2.47. The Hall–Kier alpha value is -2.10. The molecule has 1 aromatic carbocycles. The number of esters is 1. The number of hydrogen-bond donors (Lipinski definition) is 0. The van der Waals surface area contributed by atoms with Crippen LogP contribution in [0.4, 0.5) is 0 Å². The zero-order valence-corrected chi connectivity index (χ0v) is 14.9. The summed E-state index contributed by atoms with van der Waals surface area (Å²) >= 11 is 0. The lowest BCUT2D eigenvalue weighted by Gasteiger charge is -2.32. The van der Waals surface area contributed by atoms with Crippen LogP contribution in [0.2, 0.25) is 0 Å². The van der Waals surface area contributed by atoms with E-state index in [1.165, 1.54) is 6.08 Å². The van der Waals surface area contributed by atoms with Crippen molar-refractivity contribution in [1.29, 1.82) is 0 Å². The van der Waals surface area contributed by atoms with E-state index in [1.807, 2.05) is 58.9 Å². The molecule has 0 aliphatic carbocycles. The number of ether oxygens (including phenoxy) is 1. The molecule has 0 aliphatic rings. The summed E-state index contributed by atoms with van der Waals surface area (Å²) in [5.41, 5.74) is 2.07. The Balaban J connectivity index is 2.65. The number of benzene rings is 1. The summed E-state index contributed by atoms with van der Waals surface area (Å²) < 4.78 is 5.22. The second kappa shape index (κ2) is 8.51. The maximum atomic E-state index is 12.4. The second-order valence-electron chi connectivity index (χ2n) is 6.26. The van der Waals surface area contributed by atoms with Crippen molar-refractivity contribution in [2.45, 2.75) is 59.7 Å². The van der Waals surface area contributed by atoms with E-state index in [-0.39, 0.29) is 18.0 Å². The SMILES string of the molecule is Cc1ccc(/C=C/C(=O)OC(C)C(=O)N(C(C)C)C(C)C)cc1. The molecule has 0 radical (unpaired) electrons. The van der Waals surface area contributed by atoms with Gasteiger partial charge in [0.2, 0.25) is 0 Å². The summed E-state index contributed by atoms with van der Waals surface area (Å²) in [6, 6.07) is 7.92. The van der Waals surface area contributed by atoms with Gasteiger partial charge in [0, 0.05) is 18.2 Å². The fraction of sp³-hybridized carbons (Fsp3) is 0.474. The van der Waals surface area contributed by atoms with Crippen LogP contribution in [-0.2, 0) is 14.3 Å². The summed E-state index contributed by atoms with van der Waals surface area (Å²) in [7, 11) is 0. The van der Waals surface area contributed by atoms with Gasteiger partial charge in [0.15, 0.2) is 6.10 Å². The third-order valence-corrected chi connectivity index (χ3v) is 3.50. The van der Waals surface area contributed by atoms with Gasteiger partial charge in [0.1, 0.15) is 0 Å². The largest absolute Gasteiger partial charge is 0.449 e. The highest BCUT2D eigenvalue weighted by Crippen LogP contribution is 2.10. The van der Waals surface area contributed by atoms with Gasteiger partial charge in [-0.25, -0.2) is 4.79 Å². The molecule has 0 aliphatic heterocycles. The van der Waals surface area contributed by atoms with E-state index in [0.717, 1.165) is 11.1 Å². The third kappa shape index (κ3) is 5.89. The predicted octanol–water partition coefficient (Wildman–Crippen LogP) is 3.59. The Morgan fingerprint density at radius 1 is 1.00 bits per heavy atom.